The Balaban J connectivity index is 1.72. The number of amides is 1. The molecule has 0 spiro atoms. The third-order valence-electron chi connectivity index (χ3n) is 2.69. The molecule has 3 aromatic rings. The summed E-state index contributed by atoms with van der Waals surface area (Å²) in [7, 11) is 0. The molecule has 0 aliphatic heterocycles. The van der Waals surface area contributed by atoms with Gasteiger partial charge in [0.2, 0.25) is 0 Å². The molecule has 3 heterocycles. The largest absolute Gasteiger partial charge is 0.346 e. The summed E-state index contributed by atoms with van der Waals surface area (Å²) < 4.78 is 15.2. The molecule has 0 aliphatic rings. The van der Waals surface area contributed by atoms with Crippen molar-refractivity contribution in [3.8, 4) is 0 Å². The number of halogens is 2. The SMILES string of the molecule is O=C(NCc1cn2cc(F)ccc2n1)c1ccc(Cl)s1. The number of aromatic nitrogens is 2. The Bertz CT molecular complexity index is 783. The Morgan fingerprint density at radius 3 is 2.95 bits per heavy atom. The number of thiophene rings is 1. The van der Waals surface area contributed by atoms with E-state index in [4.69, 9.17) is 11.6 Å². The quantitative estimate of drug-likeness (QED) is 0.808. The number of pyridine rings is 1. The Hall–Kier alpha value is -1.92. The van der Waals surface area contributed by atoms with Gasteiger partial charge in [0.05, 0.1) is 21.5 Å². The van der Waals surface area contributed by atoms with Gasteiger partial charge in [-0.25, -0.2) is 9.37 Å². The van der Waals surface area contributed by atoms with Crippen LogP contribution >= 0.6 is 22.9 Å². The third kappa shape index (κ3) is 2.66. The predicted molar refractivity (Wildman–Crippen MR) is 75.6 cm³/mol. The average molecular weight is 310 g/mol. The first-order chi connectivity index (χ1) is 9.61. The lowest BCUT2D eigenvalue weighted by Crippen LogP contribution is -2.21. The lowest BCUT2D eigenvalue weighted by atomic mass is 10.4. The van der Waals surface area contributed by atoms with Crippen LogP contribution in [0.15, 0.2) is 36.7 Å². The maximum atomic E-state index is 13.1. The van der Waals surface area contributed by atoms with Crippen LogP contribution in [0.1, 0.15) is 15.4 Å². The first kappa shape index (κ1) is 13.1. The molecule has 3 aromatic heterocycles. The van der Waals surface area contributed by atoms with Crippen molar-refractivity contribution in [2.24, 2.45) is 0 Å². The topological polar surface area (TPSA) is 46.4 Å². The second-order valence-corrected chi connectivity index (χ2v) is 5.85. The fraction of sp³-hybridized carbons (Fsp3) is 0.0769. The van der Waals surface area contributed by atoms with Crippen molar-refractivity contribution in [3.63, 3.8) is 0 Å². The van der Waals surface area contributed by atoms with E-state index < -0.39 is 0 Å². The normalized spacial score (nSPS) is 10.9. The van der Waals surface area contributed by atoms with Gasteiger partial charge in [-0.15, -0.1) is 11.3 Å². The molecule has 0 aliphatic carbocycles. The highest BCUT2D eigenvalue weighted by Crippen LogP contribution is 2.21. The van der Waals surface area contributed by atoms with Gasteiger partial charge in [0, 0.05) is 12.4 Å². The minimum Gasteiger partial charge on any atom is -0.346 e. The summed E-state index contributed by atoms with van der Waals surface area (Å²) in [6.07, 6.45) is 3.02. The Labute approximate surface area is 122 Å². The van der Waals surface area contributed by atoms with Crippen LogP contribution in [0.25, 0.3) is 5.65 Å². The Kier molecular flexibility index (Phi) is 3.42. The van der Waals surface area contributed by atoms with Gasteiger partial charge < -0.3 is 9.72 Å². The molecule has 0 unspecified atom stereocenters. The van der Waals surface area contributed by atoms with Gasteiger partial charge in [-0.05, 0) is 24.3 Å². The summed E-state index contributed by atoms with van der Waals surface area (Å²) in [6, 6.07) is 6.27. The maximum absolute atomic E-state index is 13.1. The van der Waals surface area contributed by atoms with Gasteiger partial charge in [0.15, 0.2) is 0 Å². The minimum atomic E-state index is -0.335. The summed E-state index contributed by atoms with van der Waals surface area (Å²) in [5.41, 5.74) is 1.29. The van der Waals surface area contributed by atoms with E-state index in [9.17, 15) is 9.18 Å². The summed E-state index contributed by atoms with van der Waals surface area (Å²) in [6.45, 7) is 0.275. The number of rotatable bonds is 3. The molecule has 0 saturated heterocycles. The molecule has 4 nitrogen and oxygen atoms in total. The number of imidazole rings is 1. The fourth-order valence-electron chi connectivity index (χ4n) is 1.80. The van der Waals surface area contributed by atoms with E-state index in [1.807, 2.05) is 0 Å². The first-order valence-electron chi connectivity index (χ1n) is 5.78. The van der Waals surface area contributed by atoms with E-state index in [0.29, 0.717) is 20.6 Å². The van der Waals surface area contributed by atoms with Crippen molar-refractivity contribution in [2.75, 3.05) is 0 Å². The summed E-state index contributed by atoms with van der Waals surface area (Å²) >= 11 is 6.99. The van der Waals surface area contributed by atoms with Crippen LogP contribution in [0.4, 0.5) is 4.39 Å². The van der Waals surface area contributed by atoms with E-state index >= 15 is 0 Å². The van der Waals surface area contributed by atoms with Crippen LogP contribution in [-0.4, -0.2) is 15.3 Å². The van der Waals surface area contributed by atoms with Gasteiger partial charge in [0.25, 0.3) is 5.91 Å². The molecule has 3 rings (SSSR count). The molecule has 0 atom stereocenters. The Morgan fingerprint density at radius 1 is 1.35 bits per heavy atom. The molecule has 0 saturated carbocycles. The lowest BCUT2D eigenvalue weighted by Gasteiger charge is -1.99. The van der Waals surface area contributed by atoms with E-state index in [1.165, 1.54) is 23.6 Å². The minimum absolute atomic E-state index is 0.204. The highest BCUT2D eigenvalue weighted by Gasteiger charge is 2.09. The van der Waals surface area contributed by atoms with E-state index in [-0.39, 0.29) is 18.3 Å². The van der Waals surface area contributed by atoms with Crippen LogP contribution < -0.4 is 5.32 Å². The molecule has 20 heavy (non-hydrogen) atoms. The second kappa shape index (κ2) is 5.22. The van der Waals surface area contributed by atoms with E-state index in [0.717, 1.165) is 0 Å². The number of carbonyl (C=O) groups excluding carboxylic acids is 1. The summed E-state index contributed by atoms with van der Waals surface area (Å²) in [5, 5.41) is 2.75. The average Bonchev–Trinajstić information content (AvgIpc) is 3.01. The molecule has 0 bridgehead atoms. The lowest BCUT2D eigenvalue weighted by molar-refractivity contribution is 0.0954. The van der Waals surface area contributed by atoms with Gasteiger partial charge >= 0.3 is 0 Å². The number of hydrogen-bond donors (Lipinski definition) is 1. The van der Waals surface area contributed by atoms with E-state index in [1.54, 1.807) is 28.8 Å². The van der Waals surface area contributed by atoms with Crippen LogP contribution in [0.5, 0.6) is 0 Å². The second-order valence-electron chi connectivity index (χ2n) is 4.13. The molecule has 1 amide bonds. The number of carbonyl (C=O) groups is 1. The van der Waals surface area contributed by atoms with Crippen LogP contribution in [-0.2, 0) is 6.54 Å². The van der Waals surface area contributed by atoms with Gasteiger partial charge in [0.1, 0.15) is 11.5 Å². The zero-order valence-corrected chi connectivity index (χ0v) is 11.7. The number of nitrogens with zero attached hydrogens (tertiary/aromatic N) is 2. The van der Waals surface area contributed by atoms with E-state index in [2.05, 4.69) is 10.3 Å². The fourth-order valence-corrected chi connectivity index (χ4v) is 2.76. The number of nitrogens with one attached hydrogen (secondary N) is 1. The van der Waals surface area contributed by atoms with Gasteiger partial charge in [-0.3, -0.25) is 4.79 Å². The molecule has 7 heteroatoms. The molecular weight excluding hydrogens is 301 g/mol. The molecule has 0 aromatic carbocycles. The highest BCUT2D eigenvalue weighted by atomic mass is 35.5. The van der Waals surface area contributed by atoms with Crippen molar-refractivity contribution in [2.45, 2.75) is 6.54 Å². The zero-order chi connectivity index (χ0) is 14.1. The molecule has 102 valence electrons. The molecule has 0 fully saturated rings. The van der Waals surface area contributed by atoms with Crippen LogP contribution in [0.2, 0.25) is 4.34 Å². The van der Waals surface area contributed by atoms with Gasteiger partial charge in [-0.1, -0.05) is 11.6 Å². The molecule has 1 N–H and O–H groups in total. The third-order valence-corrected chi connectivity index (χ3v) is 3.92. The first-order valence-corrected chi connectivity index (χ1v) is 6.98. The predicted octanol–water partition coefficient (Wildman–Crippen LogP) is 3.12. The Morgan fingerprint density at radius 2 is 2.20 bits per heavy atom. The number of fused-ring (bicyclic) bond motifs is 1. The monoisotopic (exact) mass is 309 g/mol. The summed E-state index contributed by atoms with van der Waals surface area (Å²) in [5.74, 6) is -0.538. The number of hydrogen-bond acceptors (Lipinski definition) is 3. The molecule has 0 radical (unpaired) electrons. The van der Waals surface area contributed by atoms with Crippen molar-refractivity contribution in [1.82, 2.24) is 14.7 Å². The van der Waals surface area contributed by atoms with Crippen molar-refractivity contribution >= 4 is 34.5 Å². The standard InChI is InChI=1S/C13H9ClFN3OS/c14-11-3-2-10(20-11)13(19)16-5-9-7-18-6-8(15)1-4-12(18)17-9/h1-4,6-7H,5H2,(H,16,19). The van der Waals surface area contributed by atoms with Gasteiger partial charge in [-0.2, -0.15) is 0 Å². The highest BCUT2D eigenvalue weighted by molar-refractivity contribution is 7.17. The van der Waals surface area contributed by atoms with Crippen molar-refractivity contribution < 1.29 is 9.18 Å². The smallest absolute Gasteiger partial charge is 0.261 e. The van der Waals surface area contributed by atoms with Crippen LogP contribution in [0.3, 0.4) is 0 Å². The van der Waals surface area contributed by atoms with Crippen LogP contribution in [0, 0.1) is 5.82 Å². The summed E-state index contributed by atoms with van der Waals surface area (Å²) in [4.78, 5) is 16.7. The molecular formula is C13H9ClFN3OS. The zero-order valence-electron chi connectivity index (χ0n) is 10.1. The maximum Gasteiger partial charge on any atom is 0.261 e. The van der Waals surface area contributed by atoms with Crippen molar-refractivity contribution in [1.29, 1.82) is 0 Å². The van der Waals surface area contributed by atoms with Crippen molar-refractivity contribution in [3.05, 3.63) is 57.4 Å².